The summed E-state index contributed by atoms with van der Waals surface area (Å²) in [6.45, 7) is 6.97. The van der Waals surface area contributed by atoms with Crippen LogP contribution in [0.2, 0.25) is 0 Å². The Labute approximate surface area is 230 Å². The van der Waals surface area contributed by atoms with E-state index in [9.17, 15) is 13.2 Å². The van der Waals surface area contributed by atoms with Gasteiger partial charge in [0.15, 0.2) is 0 Å². The molecular formula is C30H35N3O5S. The van der Waals surface area contributed by atoms with Gasteiger partial charge in [-0.3, -0.25) is 9.62 Å². The second-order valence-corrected chi connectivity index (χ2v) is 11.4. The third-order valence-corrected chi connectivity index (χ3v) is 7.08. The molecule has 4 rings (SSSR count). The minimum atomic E-state index is -3.31. The molecule has 0 spiro atoms. The van der Waals surface area contributed by atoms with E-state index in [0.29, 0.717) is 23.7 Å². The molecule has 1 aliphatic rings. The summed E-state index contributed by atoms with van der Waals surface area (Å²) in [6, 6.07) is 24.8. The van der Waals surface area contributed by atoms with E-state index in [-0.39, 0.29) is 18.7 Å². The molecule has 3 aromatic rings. The quantitative estimate of drug-likeness (QED) is 0.312. The number of carbonyl (C=O) groups excluding carboxylic acids is 1. The highest BCUT2D eigenvalue weighted by molar-refractivity contribution is 7.92. The van der Waals surface area contributed by atoms with Crippen LogP contribution in [0.1, 0.15) is 24.0 Å². The van der Waals surface area contributed by atoms with Crippen LogP contribution in [0.15, 0.2) is 91.5 Å². The SMILES string of the molecule is C=CCOC(=O)N(Cc1ccccc1)C1CCN(Cc2ccc(Oc3ccc(NS(C)(=O)=O)cc3)cc2)CC1. The van der Waals surface area contributed by atoms with Crippen molar-refractivity contribution in [1.29, 1.82) is 0 Å². The third kappa shape index (κ3) is 8.87. The van der Waals surface area contributed by atoms with Gasteiger partial charge in [-0.25, -0.2) is 13.2 Å². The molecule has 0 aliphatic carbocycles. The lowest BCUT2D eigenvalue weighted by Gasteiger charge is -2.38. The Morgan fingerprint density at radius 3 is 2.18 bits per heavy atom. The molecule has 0 atom stereocenters. The van der Waals surface area contributed by atoms with Crippen molar-refractivity contribution in [2.45, 2.75) is 32.0 Å². The first-order valence-corrected chi connectivity index (χ1v) is 14.8. The minimum absolute atomic E-state index is 0.119. The van der Waals surface area contributed by atoms with Crippen molar-refractivity contribution in [3.63, 3.8) is 0 Å². The van der Waals surface area contributed by atoms with E-state index >= 15 is 0 Å². The topological polar surface area (TPSA) is 88.2 Å². The average molecular weight is 550 g/mol. The number of hydrogen-bond acceptors (Lipinski definition) is 6. The molecule has 206 valence electrons. The molecule has 39 heavy (non-hydrogen) atoms. The van der Waals surface area contributed by atoms with E-state index in [1.807, 2.05) is 47.4 Å². The zero-order chi connectivity index (χ0) is 27.7. The molecule has 0 saturated carbocycles. The molecule has 9 heteroatoms. The highest BCUT2D eigenvalue weighted by Crippen LogP contribution is 2.25. The van der Waals surface area contributed by atoms with Gasteiger partial charge in [0, 0.05) is 37.9 Å². The maximum absolute atomic E-state index is 12.8. The van der Waals surface area contributed by atoms with E-state index in [4.69, 9.17) is 9.47 Å². The number of piperidine rings is 1. The zero-order valence-corrected chi connectivity index (χ0v) is 23.0. The smallest absolute Gasteiger partial charge is 0.410 e. The Balaban J connectivity index is 1.29. The summed E-state index contributed by atoms with van der Waals surface area (Å²) in [5.74, 6) is 1.33. The predicted octanol–water partition coefficient (Wildman–Crippen LogP) is 5.64. The maximum atomic E-state index is 12.8. The van der Waals surface area contributed by atoms with Crippen molar-refractivity contribution in [2.24, 2.45) is 0 Å². The minimum Gasteiger partial charge on any atom is -0.457 e. The first-order valence-electron chi connectivity index (χ1n) is 12.9. The Kier molecular flexibility index (Phi) is 9.62. The number of hydrogen-bond donors (Lipinski definition) is 1. The van der Waals surface area contributed by atoms with Crippen LogP contribution in [0.25, 0.3) is 0 Å². The van der Waals surface area contributed by atoms with Crippen molar-refractivity contribution in [3.05, 3.63) is 103 Å². The molecule has 0 radical (unpaired) electrons. The van der Waals surface area contributed by atoms with Crippen LogP contribution < -0.4 is 9.46 Å². The molecule has 8 nitrogen and oxygen atoms in total. The van der Waals surface area contributed by atoms with Crippen molar-refractivity contribution in [3.8, 4) is 11.5 Å². The molecule has 1 fully saturated rings. The number of anilines is 1. The van der Waals surface area contributed by atoms with E-state index in [2.05, 4.69) is 28.3 Å². The first kappa shape index (κ1) is 28.2. The van der Waals surface area contributed by atoms with Crippen LogP contribution in [0.4, 0.5) is 10.5 Å². The highest BCUT2D eigenvalue weighted by Gasteiger charge is 2.29. The number of carbonyl (C=O) groups is 1. The van der Waals surface area contributed by atoms with Crippen molar-refractivity contribution >= 4 is 21.8 Å². The molecule has 1 heterocycles. The molecule has 0 bridgehead atoms. The Bertz CT molecular complexity index is 1320. The first-order chi connectivity index (χ1) is 18.8. The van der Waals surface area contributed by atoms with Gasteiger partial charge in [0.1, 0.15) is 18.1 Å². The molecule has 0 unspecified atom stereocenters. The third-order valence-electron chi connectivity index (χ3n) is 6.48. The number of benzene rings is 3. The normalized spacial score (nSPS) is 14.4. The number of nitrogens with zero attached hydrogens (tertiary/aromatic N) is 2. The van der Waals surface area contributed by atoms with Crippen molar-refractivity contribution in [1.82, 2.24) is 9.80 Å². The van der Waals surface area contributed by atoms with Crippen LogP contribution in [-0.2, 0) is 27.8 Å². The van der Waals surface area contributed by atoms with Gasteiger partial charge in [0.05, 0.1) is 6.26 Å². The Morgan fingerprint density at radius 1 is 0.974 bits per heavy atom. The summed E-state index contributed by atoms with van der Waals surface area (Å²) < 4.78 is 36.4. The monoisotopic (exact) mass is 549 g/mol. The predicted molar refractivity (Wildman–Crippen MR) is 153 cm³/mol. The van der Waals surface area contributed by atoms with Crippen LogP contribution >= 0.6 is 0 Å². The lowest BCUT2D eigenvalue weighted by Crippen LogP contribution is -2.47. The van der Waals surface area contributed by atoms with Gasteiger partial charge in [-0.05, 0) is 60.4 Å². The van der Waals surface area contributed by atoms with E-state index in [1.54, 1.807) is 30.3 Å². The fraction of sp³-hybridized carbons (Fsp3) is 0.300. The fourth-order valence-electron chi connectivity index (χ4n) is 4.59. The van der Waals surface area contributed by atoms with Crippen LogP contribution in [0, 0.1) is 0 Å². The maximum Gasteiger partial charge on any atom is 0.410 e. The van der Waals surface area contributed by atoms with Gasteiger partial charge in [0.2, 0.25) is 10.0 Å². The number of nitrogens with one attached hydrogen (secondary N) is 1. The molecule has 1 N–H and O–H groups in total. The van der Waals surface area contributed by atoms with Gasteiger partial charge in [-0.15, -0.1) is 0 Å². The number of likely N-dealkylation sites (tertiary alicyclic amines) is 1. The summed E-state index contributed by atoms with van der Waals surface area (Å²) >= 11 is 0. The zero-order valence-electron chi connectivity index (χ0n) is 22.2. The van der Waals surface area contributed by atoms with E-state index < -0.39 is 10.0 Å². The van der Waals surface area contributed by atoms with Crippen LogP contribution in [0.3, 0.4) is 0 Å². The molecular weight excluding hydrogens is 514 g/mol. The number of amides is 1. The molecule has 1 saturated heterocycles. The second-order valence-electron chi connectivity index (χ2n) is 9.63. The molecule has 0 aromatic heterocycles. The standard InChI is InChI=1S/C30H35N3O5S/c1-3-21-37-30(34)33(23-24-7-5-4-6-8-24)27-17-19-32(20-18-27)22-25-9-13-28(14-10-25)38-29-15-11-26(12-16-29)31-39(2,35)36/h3-16,27,31H,1,17-23H2,2H3. The van der Waals surface area contributed by atoms with Gasteiger partial charge in [0.25, 0.3) is 0 Å². The fourth-order valence-corrected chi connectivity index (χ4v) is 5.15. The molecule has 3 aromatic carbocycles. The summed E-state index contributed by atoms with van der Waals surface area (Å²) in [5.41, 5.74) is 2.75. The van der Waals surface area contributed by atoms with Gasteiger partial charge >= 0.3 is 6.09 Å². The molecule has 1 amide bonds. The van der Waals surface area contributed by atoms with Gasteiger partial charge < -0.3 is 14.4 Å². The largest absolute Gasteiger partial charge is 0.457 e. The Morgan fingerprint density at radius 2 is 1.59 bits per heavy atom. The number of rotatable bonds is 11. The lowest BCUT2D eigenvalue weighted by molar-refractivity contribution is 0.0660. The second kappa shape index (κ2) is 13.3. The van der Waals surface area contributed by atoms with Gasteiger partial charge in [-0.1, -0.05) is 55.1 Å². The number of ether oxygens (including phenoxy) is 2. The summed E-state index contributed by atoms with van der Waals surface area (Å²) in [6.07, 6.45) is 4.16. The summed E-state index contributed by atoms with van der Waals surface area (Å²) in [4.78, 5) is 17.1. The number of sulfonamides is 1. The van der Waals surface area contributed by atoms with Crippen LogP contribution in [0.5, 0.6) is 11.5 Å². The summed E-state index contributed by atoms with van der Waals surface area (Å²) in [5, 5.41) is 0. The average Bonchev–Trinajstić information content (AvgIpc) is 2.93. The lowest BCUT2D eigenvalue weighted by atomic mass is 10.0. The highest BCUT2D eigenvalue weighted by atomic mass is 32.2. The van der Waals surface area contributed by atoms with Crippen LogP contribution in [-0.4, -0.2) is 56.3 Å². The van der Waals surface area contributed by atoms with Gasteiger partial charge in [-0.2, -0.15) is 0 Å². The van der Waals surface area contributed by atoms with Crippen molar-refractivity contribution < 1.29 is 22.7 Å². The Hall–Kier alpha value is -3.82. The summed E-state index contributed by atoms with van der Waals surface area (Å²) in [7, 11) is -3.31. The van der Waals surface area contributed by atoms with E-state index in [0.717, 1.165) is 44.3 Å². The molecule has 1 aliphatic heterocycles. The van der Waals surface area contributed by atoms with E-state index in [1.165, 1.54) is 5.56 Å². The van der Waals surface area contributed by atoms with Crippen molar-refractivity contribution in [2.75, 3.05) is 30.7 Å².